The zero-order valence-electron chi connectivity index (χ0n) is 47.0. The third-order valence-electron chi connectivity index (χ3n) is 12.3. The molecule has 74 heavy (non-hydrogen) atoms. The first-order chi connectivity index (χ1) is 36.2. The molecule has 3 unspecified atom stereocenters. The highest BCUT2D eigenvalue weighted by molar-refractivity contribution is 7.47. The molecule has 0 aliphatic rings. The van der Waals surface area contributed by atoms with Gasteiger partial charge in [0, 0.05) is 19.3 Å². The van der Waals surface area contributed by atoms with Gasteiger partial charge in [0.05, 0.1) is 19.8 Å². The molecule has 12 heteroatoms. The molecule has 2 N–H and O–H groups in total. The van der Waals surface area contributed by atoms with Crippen molar-refractivity contribution in [1.82, 2.24) is 0 Å². The third-order valence-corrected chi connectivity index (χ3v) is 13.2. The predicted molar refractivity (Wildman–Crippen MR) is 307 cm³/mol. The summed E-state index contributed by atoms with van der Waals surface area (Å²) < 4.78 is 39.5. The number of unbranched alkanes of at least 4 members (excludes halogenated alkanes) is 23. The molecule has 0 heterocycles. The molecule has 11 nitrogen and oxygen atoms in total. The van der Waals surface area contributed by atoms with Crippen molar-refractivity contribution in [2.75, 3.05) is 26.4 Å². The summed E-state index contributed by atoms with van der Waals surface area (Å²) in [6, 6.07) is 0. The molecule has 0 rings (SSSR count). The average Bonchev–Trinajstić information content (AvgIpc) is 3.39. The summed E-state index contributed by atoms with van der Waals surface area (Å²) in [5.41, 5.74) is 0. The Balaban J connectivity index is 4.79. The Kier molecular flexibility index (Phi) is 53.4. The van der Waals surface area contributed by atoms with Gasteiger partial charge in [0.15, 0.2) is 6.10 Å². The molecule has 0 fully saturated rings. The van der Waals surface area contributed by atoms with Crippen molar-refractivity contribution in [3.63, 3.8) is 0 Å². The second kappa shape index (κ2) is 55.9. The molecule has 426 valence electrons. The van der Waals surface area contributed by atoms with E-state index in [-0.39, 0.29) is 25.9 Å². The van der Waals surface area contributed by atoms with E-state index in [4.69, 9.17) is 23.3 Å². The SMILES string of the molecule is CC/C=C\C/C=C\C/C=C\C/C=C\CCCCCCC(=O)OCC(COP(=O)(O)OCC(CO)OC(=O)CCCCCCC/C=C\CCCCCC)OC(=O)CCCCCCCCC/C=C\C/C=C\CCCCC. The third kappa shape index (κ3) is 53.5. The highest BCUT2D eigenvalue weighted by Crippen LogP contribution is 2.43. The van der Waals surface area contributed by atoms with Crippen molar-refractivity contribution in [3.8, 4) is 0 Å². The van der Waals surface area contributed by atoms with E-state index in [1.54, 1.807) is 0 Å². The summed E-state index contributed by atoms with van der Waals surface area (Å²) in [5.74, 6) is -1.51. The summed E-state index contributed by atoms with van der Waals surface area (Å²) in [7, 11) is -4.76. The zero-order chi connectivity index (χ0) is 54.1. The van der Waals surface area contributed by atoms with Crippen molar-refractivity contribution < 1.29 is 52.2 Å². The number of carbonyl (C=O) groups is 3. The molecule has 0 aromatic carbocycles. The van der Waals surface area contributed by atoms with Crippen LogP contribution in [0.2, 0.25) is 0 Å². The molecule has 0 aliphatic carbocycles. The molecule has 0 saturated heterocycles. The van der Waals surface area contributed by atoms with E-state index < -0.39 is 57.8 Å². The number of aliphatic hydroxyl groups excluding tert-OH is 1. The molecule has 0 bridgehead atoms. The van der Waals surface area contributed by atoms with Crippen molar-refractivity contribution in [1.29, 1.82) is 0 Å². The van der Waals surface area contributed by atoms with E-state index in [1.807, 2.05) is 0 Å². The van der Waals surface area contributed by atoms with Crippen molar-refractivity contribution in [2.45, 2.75) is 264 Å². The van der Waals surface area contributed by atoms with Gasteiger partial charge in [-0.15, -0.1) is 0 Å². The average molecular weight is 1060 g/mol. The van der Waals surface area contributed by atoms with Gasteiger partial charge in [-0.05, 0) is 116 Å². The number of ether oxygens (including phenoxy) is 3. The maximum atomic E-state index is 12.9. The Morgan fingerprint density at radius 2 is 0.703 bits per heavy atom. The summed E-state index contributed by atoms with van der Waals surface area (Å²) in [4.78, 5) is 48.6. The molecule has 0 aromatic heterocycles. The van der Waals surface area contributed by atoms with E-state index in [0.29, 0.717) is 19.3 Å². The Hall–Kier alpha value is -3.34. The molecular formula is C62H107O11P. The molecule has 0 spiro atoms. The largest absolute Gasteiger partial charge is 0.472 e. The van der Waals surface area contributed by atoms with Gasteiger partial charge in [0.2, 0.25) is 0 Å². The maximum absolute atomic E-state index is 12.9. The summed E-state index contributed by atoms with van der Waals surface area (Å²) in [5, 5.41) is 9.81. The van der Waals surface area contributed by atoms with Gasteiger partial charge in [-0.3, -0.25) is 23.4 Å². The van der Waals surface area contributed by atoms with Crippen LogP contribution in [0, 0.1) is 0 Å². The number of hydrogen-bond donors (Lipinski definition) is 2. The number of rotatable bonds is 54. The lowest BCUT2D eigenvalue weighted by Crippen LogP contribution is -2.30. The van der Waals surface area contributed by atoms with E-state index in [0.717, 1.165) is 128 Å². The van der Waals surface area contributed by atoms with E-state index in [9.17, 15) is 28.9 Å². The fraction of sp³-hybridized carbons (Fsp3) is 0.726. The van der Waals surface area contributed by atoms with Gasteiger partial charge in [0.25, 0.3) is 0 Å². The minimum atomic E-state index is -4.76. The van der Waals surface area contributed by atoms with Gasteiger partial charge >= 0.3 is 25.7 Å². The Morgan fingerprint density at radius 3 is 1.12 bits per heavy atom. The number of esters is 3. The first kappa shape index (κ1) is 70.7. The molecule has 3 atom stereocenters. The molecule has 0 saturated carbocycles. The fourth-order valence-corrected chi connectivity index (χ4v) is 8.57. The van der Waals surface area contributed by atoms with Crippen LogP contribution in [0.3, 0.4) is 0 Å². The minimum absolute atomic E-state index is 0.150. The number of phosphoric acid groups is 1. The first-order valence-corrected chi connectivity index (χ1v) is 31.0. The fourth-order valence-electron chi connectivity index (χ4n) is 7.78. The van der Waals surface area contributed by atoms with Crippen LogP contribution in [-0.4, -0.2) is 66.5 Å². The minimum Gasteiger partial charge on any atom is -0.462 e. The van der Waals surface area contributed by atoms with Crippen LogP contribution in [0.15, 0.2) is 85.1 Å². The van der Waals surface area contributed by atoms with Crippen LogP contribution < -0.4 is 0 Å². The van der Waals surface area contributed by atoms with Gasteiger partial charge in [-0.25, -0.2) is 4.57 Å². The van der Waals surface area contributed by atoms with Crippen molar-refractivity contribution in [2.24, 2.45) is 0 Å². The number of allylic oxidation sites excluding steroid dienone is 14. The highest BCUT2D eigenvalue weighted by atomic mass is 31.2. The molecule has 0 amide bonds. The Bertz CT molecular complexity index is 1560. The van der Waals surface area contributed by atoms with Gasteiger partial charge in [-0.1, -0.05) is 202 Å². The normalized spacial score (nSPS) is 14.0. The lowest BCUT2D eigenvalue weighted by atomic mass is 10.1. The molecule has 0 aliphatic heterocycles. The van der Waals surface area contributed by atoms with Crippen LogP contribution in [0.25, 0.3) is 0 Å². The molecular weight excluding hydrogens is 952 g/mol. The van der Waals surface area contributed by atoms with E-state index in [1.165, 1.54) is 64.2 Å². The maximum Gasteiger partial charge on any atom is 0.472 e. The van der Waals surface area contributed by atoms with Crippen LogP contribution >= 0.6 is 7.82 Å². The second-order valence-electron chi connectivity index (χ2n) is 19.4. The van der Waals surface area contributed by atoms with E-state index in [2.05, 4.69) is 106 Å². The van der Waals surface area contributed by atoms with Crippen molar-refractivity contribution >= 4 is 25.7 Å². The molecule has 0 aromatic rings. The zero-order valence-corrected chi connectivity index (χ0v) is 47.9. The standard InChI is InChI=1S/C62H107O11P/c1-4-7-10-13-16-19-22-25-27-29-31-34-36-39-42-45-48-51-60(64)69-55-59(73-62(66)53-50-47-44-41-38-35-32-30-28-26-23-20-17-14-11-8-5-2)57-71-74(67,68)70-56-58(54-63)72-61(65)52-49-46-43-40-37-33-24-21-18-15-12-9-6-3/h7,10,16-17,19-21,24-28,31,34,58-59,63H,4-6,8-9,11-15,18,22-23,29-30,32-33,35-57H2,1-3H3,(H,67,68)/b10-7-,19-16-,20-17-,24-21-,27-25-,28-26-,34-31-. The number of hydrogen-bond acceptors (Lipinski definition) is 10. The quantitative estimate of drug-likeness (QED) is 0.0197. The van der Waals surface area contributed by atoms with Crippen LogP contribution in [0.1, 0.15) is 252 Å². The smallest absolute Gasteiger partial charge is 0.462 e. The van der Waals surface area contributed by atoms with Crippen LogP contribution in [0.4, 0.5) is 0 Å². The lowest BCUT2D eigenvalue weighted by molar-refractivity contribution is -0.161. The first-order valence-electron chi connectivity index (χ1n) is 29.5. The number of carbonyl (C=O) groups excluding carboxylic acids is 3. The summed E-state index contributed by atoms with van der Waals surface area (Å²) in [6.45, 7) is 4.45. The number of phosphoric ester groups is 1. The number of aliphatic hydroxyl groups is 1. The highest BCUT2D eigenvalue weighted by Gasteiger charge is 2.28. The van der Waals surface area contributed by atoms with Crippen LogP contribution in [-0.2, 0) is 42.2 Å². The Labute approximate surface area is 451 Å². The van der Waals surface area contributed by atoms with Gasteiger partial charge in [0.1, 0.15) is 12.7 Å². The van der Waals surface area contributed by atoms with Crippen LogP contribution in [0.5, 0.6) is 0 Å². The second-order valence-corrected chi connectivity index (χ2v) is 20.9. The lowest BCUT2D eigenvalue weighted by Gasteiger charge is -2.21. The molecule has 0 radical (unpaired) electrons. The predicted octanol–water partition coefficient (Wildman–Crippen LogP) is 17.5. The summed E-state index contributed by atoms with van der Waals surface area (Å²) in [6.07, 6.45) is 63.9. The van der Waals surface area contributed by atoms with Crippen molar-refractivity contribution in [3.05, 3.63) is 85.1 Å². The van der Waals surface area contributed by atoms with Gasteiger partial charge < -0.3 is 24.2 Å². The topological polar surface area (TPSA) is 155 Å². The monoisotopic (exact) mass is 1060 g/mol. The Morgan fingerprint density at radius 1 is 0.392 bits per heavy atom. The van der Waals surface area contributed by atoms with E-state index >= 15 is 0 Å². The summed E-state index contributed by atoms with van der Waals surface area (Å²) >= 11 is 0. The van der Waals surface area contributed by atoms with Gasteiger partial charge in [-0.2, -0.15) is 0 Å².